The SMILES string of the molecule is CC[C@@H]1[C@@H](C)SCCN1C(=O)N(C)C. The smallest absolute Gasteiger partial charge is 0.319 e. The van der Waals surface area contributed by atoms with Crippen LogP contribution in [-0.4, -0.2) is 53.5 Å². The van der Waals surface area contributed by atoms with Crippen molar-refractivity contribution in [1.82, 2.24) is 9.80 Å². The highest BCUT2D eigenvalue weighted by Gasteiger charge is 2.31. The van der Waals surface area contributed by atoms with Crippen LogP contribution in [0.2, 0.25) is 0 Å². The van der Waals surface area contributed by atoms with Gasteiger partial charge in [0.2, 0.25) is 0 Å². The van der Waals surface area contributed by atoms with Gasteiger partial charge in [0.15, 0.2) is 0 Å². The van der Waals surface area contributed by atoms with Crippen LogP contribution in [0.25, 0.3) is 0 Å². The van der Waals surface area contributed by atoms with Crippen LogP contribution in [0.15, 0.2) is 0 Å². The molecule has 0 unspecified atom stereocenters. The largest absolute Gasteiger partial charge is 0.331 e. The van der Waals surface area contributed by atoms with Gasteiger partial charge in [-0.25, -0.2) is 4.79 Å². The van der Waals surface area contributed by atoms with Crippen molar-refractivity contribution in [2.24, 2.45) is 0 Å². The van der Waals surface area contributed by atoms with E-state index in [4.69, 9.17) is 0 Å². The molecule has 0 aliphatic carbocycles. The Bertz CT molecular complexity index is 208. The molecule has 14 heavy (non-hydrogen) atoms. The van der Waals surface area contributed by atoms with Gasteiger partial charge >= 0.3 is 6.03 Å². The lowest BCUT2D eigenvalue weighted by atomic mass is 10.1. The van der Waals surface area contributed by atoms with E-state index in [1.165, 1.54) is 0 Å². The lowest BCUT2D eigenvalue weighted by Crippen LogP contribution is -2.52. The molecule has 1 heterocycles. The predicted molar refractivity (Wildman–Crippen MR) is 61.8 cm³/mol. The molecule has 1 aliphatic heterocycles. The summed E-state index contributed by atoms with van der Waals surface area (Å²) in [5, 5.41) is 0.567. The Labute approximate surface area is 90.8 Å². The molecule has 0 aromatic carbocycles. The number of hydrogen-bond acceptors (Lipinski definition) is 2. The van der Waals surface area contributed by atoms with Crippen molar-refractivity contribution >= 4 is 17.8 Å². The van der Waals surface area contributed by atoms with Crippen molar-refractivity contribution in [1.29, 1.82) is 0 Å². The highest BCUT2D eigenvalue weighted by molar-refractivity contribution is 8.00. The molecular formula is C10H20N2OS. The maximum Gasteiger partial charge on any atom is 0.319 e. The second-order valence-electron chi connectivity index (χ2n) is 3.92. The molecular weight excluding hydrogens is 196 g/mol. The van der Waals surface area contributed by atoms with Gasteiger partial charge in [-0.05, 0) is 6.42 Å². The van der Waals surface area contributed by atoms with E-state index >= 15 is 0 Å². The van der Waals surface area contributed by atoms with Gasteiger partial charge in [-0.15, -0.1) is 0 Å². The number of hydrogen-bond donors (Lipinski definition) is 0. The van der Waals surface area contributed by atoms with Crippen LogP contribution in [0, 0.1) is 0 Å². The monoisotopic (exact) mass is 216 g/mol. The summed E-state index contributed by atoms with van der Waals surface area (Å²) in [6, 6.07) is 0.563. The van der Waals surface area contributed by atoms with Gasteiger partial charge in [0, 0.05) is 37.7 Å². The van der Waals surface area contributed by atoms with Gasteiger partial charge < -0.3 is 9.80 Å². The highest BCUT2D eigenvalue weighted by atomic mass is 32.2. The second-order valence-corrected chi connectivity index (χ2v) is 5.41. The number of carbonyl (C=O) groups is 1. The van der Waals surface area contributed by atoms with Gasteiger partial charge in [0.25, 0.3) is 0 Å². The van der Waals surface area contributed by atoms with Crippen LogP contribution in [0.3, 0.4) is 0 Å². The van der Waals surface area contributed by atoms with Crippen LogP contribution in [-0.2, 0) is 0 Å². The minimum Gasteiger partial charge on any atom is -0.331 e. The number of urea groups is 1. The number of amides is 2. The van der Waals surface area contributed by atoms with Crippen LogP contribution >= 0.6 is 11.8 Å². The standard InChI is InChI=1S/C10H20N2OS/c1-5-9-8(2)14-7-6-12(9)10(13)11(3)4/h8-9H,5-7H2,1-4H3/t8-,9-/m1/s1. The molecule has 0 saturated carbocycles. The Kier molecular flexibility index (Phi) is 4.11. The molecule has 82 valence electrons. The number of carbonyl (C=O) groups excluding carboxylic acids is 1. The van der Waals surface area contributed by atoms with Crippen LogP contribution in [0.4, 0.5) is 4.79 Å². The van der Waals surface area contributed by atoms with E-state index in [1.54, 1.807) is 4.90 Å². The average Bonchev–Trinajstić information content (AvgIpc) is 2.16. The van der Waals surface area contributed by atoms with Crippen LogP contribution in [0.5, 0.6) is 0 Å². The first-order valence-electron chi connectivity index (χ1n) is 5.17. The minimum absolute atomic E-state index is 0.156. The van der Waals surface area contributed by atoms with Gasteiger partial charge in [0.1, 0.15) is 0 Å². The van der Waals surface area contributed by atoms with E-state index in [2.05, 4.69) is 13.8 Å². The number of rotatable bonds is 1. The van der Waals surface area contributed by atoms with E-state index in [-0.39, 0.29) is 6.03 Å². The van der Waals surface area contributed by atoms with Gasteiger partial charge in [0.05, 0.1) is 0 Å². The summed E-state index contributed by atoms with van der Waals surface area (Å²) < 4.78 is 0. The number of thioether (sulfide) groups is 1. The molecule has 2 amide bonds. The summed E-state index contributed by atoms with van der Waals surface area (Å²) in [5.41, 5.74) is 0. The Morgan fingerprint density at radius 2 is 2.21 bits per heavy atom. The van der Waals surface area contributed by atoms with Crippen LogP contribution in [0.1, 0.15) is 20.3 Å². The van der Waals surface area contributed by atoms with Crippen LogP contribution < -0.4 is 0 Å². The van der Waals surface area contributed by atoms with Gasteiger partial charge in [-0.1, -0.05) is 13.8 Å². The molecule has 0 spiro atoms. The van der Waals surface area contributed by atoms with Gasteiger partial charge in [-0.3, -0.25) is 0 Å². The Morgan fingerprint density at radius 3 is 2.71 bits per heavy atom. The lowest BCUT2D eigenvalue weighted by molar-refractivity contribution is 0.148. The summed E-state index contributed by atoms with van der Waals surface area (Å²) in [6.45, 7) is 5.27. The first kappa shape index (κ1) is 11.7. The minimum atomic E-state index is 0.156. The molecule has 1 fully saturated rings. The summed E-state index contributed by atoms with van der Waals surface area (Å²) >= 11 is 1.97. The fourth-order valence-electron chi connectivity index (χ4n) is 1.91. The molecule has 0 radical (unpaired) electrons. The quantitative estimate of drug-likeness (QED) is 0.668. The fourth-order valence-corrected chi connectivity index (χ4v) is 3.15. The Hall–Kier alpha value is -0.380. The summed E-state index contributed by atoms with van der Waals surface area (Å²) in [7, 11) is 3.64. The van der Waals surface area contributed by atoms with E-state index in [0.29, 0.717) is 11.3 Å². The molecule has 1 aliphatic rings. The molecule has 3 nitrogen and oxygen atoms in total. The topological polar surface area (TPSA) is 23.6 Å². The Balaban J connectivity index is 2.69. The highest BCUT2D eigenvalue weighted by Crippen LogP contribution is 2.26. The summed E-state index contributed by atoms with van der Waals surface area (Å²) in [6.07, 6.45) is 1.05. The lowest BCUT2D eigenvalue weighted by Gasteiger charge is -2.40. The molecule has 0 aromatic heterocycles. The summed E-state index contributed by atoms with van der Waals surface area (Å²) in [4.78, 5) is 15.5. The zero-order valence-corrected chi connectivity index (χ0v) is 10.3. The third-order valence-electron chi connectivity index (χ3n) is 2.70. The first-order valence-corrected chi connectivity index (χ1v) is 6.22. The third-order valence-corrected chi connectivity index (χ3v) is 3.96. The normalized spacial score (nSPS) is 27.6. The molecule has 0 bridgehead atoms. The number of nitrogens with zero attached hydrogens (tertiary/aromatic N) is 2. The van der Waals surface area contributed by atoms with Crippen molar-refractivity contribution in [2.75, 3.05) is 26.4 Å². The predicted octanol–water partition coefficient (Wildman–Crippen LogP) is 1.88. The van der Waals surface area contributed by atoms with E-state index in [9.17, 15) is 4.79 Å². The van der Waals surface area contributed by atoms with E-state index < -0.39 is 0 Å². The molecule has 0 N–H and O–H groups in total. The second kappa shape index (κ2) is 4.91. The molecule has 4 heteroatoms. The van der Waals surface area contributed by atoms with Crippen molar-refractivity contribution in [3.63, 3.8) is 0 Å². The Morgan fingerprint density at radius 1 is 1.57 bits per heavy atom. The van der Waals surface area contributed by atoms with Crippen molar-refractivity contribution < 1.29 is 4.79 Å². The molecule has 1 saturated heterocycles. The van der Waals surface area contributed by atoms with E-state index in [0.717, 1.165) is 18.7 Å². The average molecular weight is 216 g/mol. The van der Waals surface area contributed by atoms with Gasteiger partial charge in [-0.2, -0.15) is 11.8 Å². The maximum atomic E-state index is 11.9. The van der Waals surface area contributed by atoms with Crippen molar-refractivity contribution in [3.05, 3.63) is 0 Å². The summed E-state index contributed by atoms with van der Waals surface area (Å²) in [5.74, 6) is 1.07. The molecule has 0 aromatic rings. The fraction of sp³-hybridized carbons (Fsp3) is 0.900. The zero-order valence-electron chi connectivity index (χ0n) is 9.49. The van der Waals surface area contributed by atoms with Crippen molar-refractivity contribution in [3.8, 4) is 0 Å². The third kappa shape index (κ3) is 2.35. The zero-order chi connectivity index (χ0) is 10.7. The van der Waals surface area contributed by atoms with Crippen molar-refractivity contribution in [2.45, 2.75) is 31.6 Å². The molecule has 1 rings (SSSR count). The maximum absolute atomic E-state index is 11.9. The van der Waals surface area contributed by atoms with E-state index in [1.807, 2.05) is 30.8 Å². The molecule has 2 atom stereocenters. The first-order chi connectivity index (χ1) is 6.57.